The molecule has 9 heteroatoms. The number of amides is 1. The molecule has 33 heavy (non-hydrogen) atoms. The van der Waals surface area contributed by atoms with E-state index in [0.717, 1.165) is 11.1 Å². The van der Waals surface area contributed by atoms with E-state index in [4.69, 9.17) is 25.6 Å². The quantitative estimate of drug-likeness (QED) is 0.348. The second kappa shape index (κ2) is 11.8. The highest BCUT2D eigenvalue weighted by atomic mass is 35.5. The molecule has 0 fully saturated rings. The molecule has 1 N–H and O–H groups in total. The van der Waals surface area contributed by atoms with E-state index in [0.29, 0.717) is 45.8 Å². The van der Waals surface area contributed by atoms with Gasteiger partial charge in [-0.15, -0.1) is 11.8 Å². The topological polar surface area (TPSA) is 90.7 Å². The Kier molecular flexibility index (Phi) is 8.79. The molecule has 0 spiro atoms. The first-order valence-corrected chi connectivity index (χ1v) is 11.9. The van der Waals surface area contributed by atoms with Crippen molar-refractivity contribution < 1.29 is 23.6 Å². The van der Waals surface area contributed by atoms with Crippen LogP contribution in [0.15, 0.2) is 53.1 Å². The van der Waals surface area contributed by atoms with Crippen LogP contribution in [-0.2, 0) is 20.0 Å². The molecule has 1 atom stereocenters. The maximum Gasteiger partial charge on any atom is 0.412 e. The molecule has 1 amide bonds. The minimum absolute atomic E-state index is 0.220. The second-order valence-corrected chi connectivity index (χ2v) is 8.55. The van der Waals surface area contributed by atoms with E-state index in [9.17, 15) is 9.59 Å². The lowest BCUT2D eigenvalue weighted by molar-refractivity contribution is -0.139. The lowest BCUT2D eigenvalue weighted by Crippen LogP contribution is -2.17. The molecule has 0 bridgehead atoms. The Morgan fingerprint density at radius 3 is 2.61 bits per heavy atom. The maximum atomic E-state index is 12.5. The third kappa shape index (κ3) is 6.76. The van der Waals surface area contributed by atoms with Gasteiger partial charge in [-0.1, -0.05) is 59.2 Å². The van der Waals surface area contributed by atoms with Gasteiger partial charge >= 0.3 is 12.1 Å². The molecule has 3 rings (SSSR count). The first-order chi connectivity index (χ1) is 15.9. The van der Waals surface area contributed by atoms with Crippen molar-refractivity contribution in [2.75, 3.05) is 17.7 Å². The van der Waals surface area contributed by atoms with Crippen LogP contribution < -0.4 is 5.32 Å². The number of hydrogen-bond acceptors (Lipinski definition) is 7. The van der Waals surface area contributed by atoms with Gasteiger partial charge in [0.25, 0.3) is 0 Å². The van der Waals surface area contributed by atoms with Gasteiger partial charge in [-0.3, -0.25) is 10.1 Å². The van der Waals surface area contributed by atoms with Crippen LogP contribution in [0.1, 0.15) is 36.8 Å². The Balaban J connectivity index is 1.64. The number of carbonyl (C=O) groups is 2. The minimum Gasteiger partial charge on any atom is -0.465 e. The number of thioether (sulfide) groups is 1. The minimum atomic E-state index is -0.637. The number of benzene rings is 2. The van der Waals surface area contributed by atoms with Gasteiger partial charge in [0.2, 0.25) is 0 Å². The number of rotatable bonds is 9. The van der Waals surface area contributed by atoms with Crippen molar-refractivity contribution in [3.63, 3.8) is 0 Å². The molecule has 0 aliphatic rings. The Morgan fingerprint density at radius 2 is 1.91 bits per heavy atom. The lowest BCUT2D eigenvalue weighted by Gasteiger charge is -2.15. The summed E-state index contributed by atoms with van der Waals surface area (Å²) in [6, 6.07) is 14.8. The van der Waals surface area contributed by atoms with Crippen LogP contribution in [0.5, 0.6) is 0 Å². The third-order valence-corrected chi connectivity index (χ3v) is 6.05. The molecular weight excluding hydrogens is 464 g/mol. The number of aryl methyl sites for hydroxylation is 1. The van der Waals surface area contributed by atoms with Gasteiger partial charge in [-0.2, -0.15) is 0 Å². The van der Waals surface area contributed by atoms with Crippen LogP contribution in [0.3, 0.4) is 0 Å². The van der Waals surface area contributed by atoms with Crippen LogP contribution in [0.2, 0.25) is 5.02 Å². The normalized spacial score (nSPS) is 11.6. The summed E-state index contributed by atoms with van der Waals surface area (Å²) in [5.74, 6) is 1.19. The van der Waals surface area contributed by atoms with Crippen molar-refractivity contribution in [1.82, 2.24) is 5.16 Å². The lowest BCUT2D eigenvalue weighted by atomic mass is 10.1. The third-order valence-electron chi connectivity index (χ3n) is 4.73. The SMILES string of the molecule is CCOC(=O)CSCc1ccc(-c2onc(C)c2NC(=O)OC(C)c2ccccc2Cl)cc1. The number of nitrogens with zero attached hydrogens (tertiary/aromatic N) is 1. The molecule has 1 aromatic heterocycles. The summed E-state index contributed by atoms with van der Waals surface area (Å²) in [6.07, 6.45) is -1.17. The van der Waals surface area contributed by atoms with E-state index in [1.54, 1.807) is 26.8 Å². The van der Waals surface area contributed by atoms with Crippen LogP contribution in [-0.4, -0.2) is 29.6 Å². The first-order valence-electron chi connectivity index (χ1n) is 10.4. The average Bonchev–Trinajstić information content (AvgIpc) is 3.14. The molecule has 2 aromatic carbocycles. The highest BCUT2D eigenvalue weighted by Gasteiger charge is 2.20. The summed E-state index contributed by atoms with van der Waals surface area (Å²) >= 11 is 7.67. The fourth-order valence-electron chi connectivity index (χ4n) is 3.08. The monoisotopic (exact) mass is 488 g/mol. The number of aromatic nitrogens is 1. The van der Waals surface area contributed by atoms with E-state index >= 15 is 0 Å². The van der Waals surface area contributed by atoms with Crippen LogP contribution in [0.4, 0.5) is 10.5 Å². The second-order valence-electron chi connectivity index (χ2n) is 7.16. The fraction of sp³-hybridized carbons (Fsp3) is 0.292. The summed E-state index contributed by atoms with van der Waals surface area (Å²) in [4.78, 5) is 24.0. The largest absolute Gasteiger partial charge is 0.465 e. The van der Waals surface area contributed by atoms with E-state index < -0.39 is 12.2 Å². The van der Waals surface area contributed by atoms with Gasteiger partial charge in [0.15, 0.2) is 5.76 Å². The summed E-state index contributed by atoms with van der Waals surface area (Å²) in [5.41, 5.74) is 3.49. The molecule has 0 saturated heterocycles. The average molecular weight is 489 g/mol. The first kappa shape index (κ1) is 24.7. The molecule has 0 aliphatic heterocycles. The standard InChI is InChI=1S/C24H25ClN2O5S/c1-4-30-21(28)14-33-13-17-9-11-18(12-10-17)23-22(15(2)27-32-23)26-24(29)31-16(3)19-7-5-6-8-20(19)25/h5-12,16H,4,13-14H2,1-3H3,(H,26,29). The van der Waals surface area contributed by atoms with Gasteiger partial charge in [0, 0.05) is 21.9 Å². The molecule has 0 aliphatic carbocycles. The van der Waals surface area contributed by atoms with Crippen LogP contribution >= 0.6 is 23.4 Å². The number of carbonyl (C=O) groups excluding carboxylic acids is 2. The number of ether oxygens (including phenoxy) is 2. The van der Waals surface area contributed by atoms with Crippen molar-refractivity contribution >= 4 is 41.1 Å². The highest BCUT2D eigenvalue weighted by molar-refractivity contribution is 7.99. The van der Waals surface area contributed by atoms with Crippen LogP contribution in [0, 0.1) is 6.92 Å². The van der Waals surface area contributed by atoms with Crippen molar-refractivity contribution in [3.05, 3.63) is 70.4 Å². The fourth-order valence-corrected chi connectivity index (χ4v) is 4.15. The summed E-state index contributed by atoms with van der Waals surface area (Å²) < 4.78 is 15.9. The van der Waals surface area contributed by atoms with Crippen molar-refractivity contribution in [3.8, 4) is 11.3 Å². The molecule has 1 unspecified atom stereocenters. The van der Waals surface area contributed by atoms with E-state index in [2.05, 4.69) is 10.5 Å². The Morgan fingerprint density at radius 1 is 1.18 bits per heavy atom. The van der Waals surface area contributed by atoms with Gasteiger partial charge in [-0.05, 0) is 32.4 Å². The number of halogens is 1. The summed E-state index contributed by atoms with van der Waals surface area (Å²) in [5, 5.41) is 7.25. The summed E-state index contributed by atoms with van der Waals surface area (Å²) in [7, 11) is 0. The van der Waals surface area contributed by atoms with Gasteiger partial charge in [-0.25, -0.2) is 4.79 Å². The van der Waals surface area contributed by atoms with E-state index in [1.807, 2.05) is 42.5 Å². The van der Waals surface area contributed by atoms with E-state index in [1.165, 1.54) is 11.8 Å². The molecule has 0 saturated carbocycles. The summed E-state index contributed by atoms with van der Waals surface area (Å²) in [6.45, 7) is 5.66. The number of anilines is 1. The predicted molar refractivity (Wildman–Crippen MR) is 129 cm³/mol. The van der Waals surface area contributed by atoms with Crippen molar-refractivity contribution in [2.24, 2.45) is 0 Å². The highest BCUT2D eigenvalue weighted by Crippen LogP contribution is 2.32. The zero-order valence-electron chi connectivity index (χ0n) is 18.6. The molecule has 3 aromatic rings. The zero-order valence-corrected chi connectivity index (χ0v) is 20.2. The molecule has 0 radical (unpaired) electrons. The number of nitrogens with one attached hydrogen (secondary N) is 1. The Hall–Kier alpha value is -2.97. The number of hydrogen-bond donors (Lipinski definition) is 1. The maximum absolute atomic E-state index is 12.5. The predicted octanol–water partition coefficient (Wildman–Crippen LogP) is 6.41. The van der Waals surface area contributed by atoms with Gasteiger partial charge in [0.1, 0.15) is 17.5 Å². The molecular formula is C24H25ClN2O5S. The van der Waals surface area contributed by atoms with Crippen molar-refractivity contribution in [2.45, 2.75) is 32.6 Å². The Labute approximate surface area is 201 Å². The molecule has 7 nitrogen and oxygen atoms in total. The zero-order chi connectivity index (χ0) is 23.8. The van der Waals surface area contributed by atoms with Crippen LogP contribution in [0.25, 0.3) is 11.3 Å². The Bertz CT molecular complexity index is 1100. The van der Waals surface area contributed by atoms with Gasteiger partial charge < -0.3 is 14.0 Å². The smallest absolute Gasteiger partial charge is 0.412 e. The van der Waals surface area contributed by atoms with E-state index in [-0.39, 0.29) is 5.97 Å². The van der Waals surface area contributed by atoms with Gasteiger partial charge in [0.05, 0.1) is 12.4 Å². The molecule has 174 valence electrons. The van der Waals surface area contributed by atoms with Crippen molar-refractivity contribution in [1.29, 1.82) is 0 Å². The molecule has 1 heterocycles. The number of esters is 1.